The summed E-state index contributed by atoms with van der Waals surface area (Å²) in [5.41, 5.74) is -6.22. The fourth-order valence-corrected chi connectivity index (χ4v) is 3.00. The van der Waals surface area contributed by atoms with Crippen LogP contribution in [0.15, 0.2) is 12.7 Å². The minimum Gasteiger partial charge on any atom is -0.459 e. The van der Waals surface area contributed by atoms with E-state index in [1.807, 2.05) is 0 Å². The lowest BCUT2D eigenvalue weighted by atomic mass is 10.6. The fourth-order valence-electron chi connectivity index (χ4n) is 0.773. The molecule has 0 aromatic heterocycles. The van der Waals surface area contributed by atoms with Crippen LogP contribution in [0.3, 0.4) is 0 Å². The van der Waals surface area contributed by atoms with E-state index < -0.39 is 56.0 Å². The Morgan fingerprint density at radius 1 is 0.958 bits per heavy atom. The van der Waals surface area contributed by atoms with Crippen molar-refractivity contribution in [3.05, 3.63) is 12.7 Å². The zero-order valence-electron chi connectivity index (χ0n) is 11.2. The maximum Gasteiger partial charge on any atom is 0.512 e. The number of esters is 2. The molecular formula is C8H8F5NO8S2. The molecule has 0 atom stereocenters. The van der Waals surface area contributed by atoms with Crippen LogP contribution in [-0.4, -0.2) is 52.8 Å². The lowest BCUT2D eigenvalue weighted by Gasteiger charge is -2.17. The molecule has 24 heavy (non-hydrogen) atoms. The Hall–Kier alpha value is -1.81. The Labute approximate surface area is 131 Å². The molecule has 16 heteroatoms. The molecule has 0 saturated heterocycles. The van der Waals surface area contributed by atoms with Gasteiger partial charge < -0.3 is 9.47 Å². The Morgan fingerprint density at radius 3 is 1.83 bits per heavy atom. The largest absolute Gasteiger partial charge is 0.512 e. The second-order valence-electron chi connectivity index (χ2n) is 3.56. The van der Waals surface area contributed by atoms with E-state index >= 15 is 0 Å². The smallest absolute Gasteiger partial charge is 0.459 e. The summed E-state index contributed by atoms with van der Waals surface area (Å²) in [4.78, 5) is 21.5. The summed E-state index contributed by atoms with van der Waals surface area (Å²) in [6.07, 6.45) is 0.660. The zero-order valence-corrected chi connectivity index (χ0v) is 12.8. The quantitative estimate of drug-likeness (QED) is 0.250. The Kier molecular flexibility index (Phi) is 6.83. The number of carbonyl (C=O) groups excluding carboxylic acids is 2. The van der Waals surface area contributed by atoms with Gasteiger partial charge in [-0.05, 0) is 0 Å². The minimum absolute atomic E-state index is 0.319. The molecule has 0 rings (SSSR count). The van der Waals surface area contributed by atoms with Gasteiger partial charge in [-0.2, -0.15) is 22.0 Å². The fraction of sp³-hybridized carbons (Fsp3) is 0.500. The normalized spacial score (nSPS) is 13.2. The van der Waals surface area contributed by atoms with Gasteiger partial charge in [-0.3, -0.25) is 0 Å². The molecule has 0 aliphatic heterocycles. The molecular weight excluding hydrogens is 397 g/mol. The standard InChI is InChI=1S/C8H8F5NO8S2/c1-2-5(15)21-3-4-22-6(16)7(9,10)23(17,18)14-24(19,20)8(11,12)13/h2,14H,1,3-4H2. The molecule has 0 radical (unpaired) electrons. The highest BCUT2D eigenvalue weighted by molar-refractivity contribution is 8.05. The van der Waals surface area contributed by atoms with Crippen molar-refractivity contribution >= 4 is 32.0 Å². The number of halogens is 5. The van der Waals surface area contributed by atoms with Crippen molar-refractivity contribution in [3.8, 4) is 0 Å². The van der Waals surface area contributed by atoms with Crippen LogP contribution in [0.1, 0.15) is 0 Å². The number of hydrogen-bond acceptors (Lipinski definition) is 8. The summed E-state index contributed by atoms with van der Waals surface area (Å²) in [5, 5.41) is -5.67. The highest BCUT2D eigenvalue weighted by Gasteiger charge is 2.59. The summed E-state index contributed by atoms with van der Waals surface area (Å²) < 4.78 is 113. The second kappa shape index (κ2) is 7.39. The van der Waals surface area contributed by atoms with Crippen LogP contribution in [-0.2, 0) is 39.1 Å². The molecule has 9 nitrogen and oxygen atoms in total. The van der Waals surface area contributed by atoms with Crippen LogP contribution in [0.25, 0.3) is 0 Å². The van der Waals surface area contributed by atoms with E-state index in [0.29, 0.717) is 6.08 Å². The van der Waals surface area contributed by atoms with Crippen molar-refractivity contribution in [3.63, 3.8) is 0 Å². The predicted octanol–water partition coefficient (Wildman–Crippen LogP) is -0.379. The third kappa shape index (κ3) is 5.38. The Balaban J connectivity index is 5.05. The van der Waals surface area contributed by atoms with E-state index in [2.05, 4.69) is 16.1 Å². The first kappa shape index (κ1) is 22.2. The number of alkyl halides is 5. The maximum atomic E-state index is 13.3. The van der Waals surface area contributed by atoms with Gasteiger partial charge in [0.25, 0.3) is 0 Å². The van der Waals surface area contributed by atoms with Crippen LogP contribution in [0, 0.1) is 0 Å². The van der Waals surface area contributed by atoms with Gasteiger partial charge in [-0.15, -0.1) is 0 Å². The van der Waals surface area contributed by atoms with Gasteiger partial charge in [0.15, 0.2) is 0 Å². The summed E-state index contributed by atoms with van der Waals surface area (Å²) in [7, 11) is -13.4. The lowest BCUT2D eigenvalue weighted by molar-refractivity contribution is -0.163. The van der Waals surface area contributed by atoms with Crippen LogP contribution < -0.4 is 4.13 Å². The summed E-state index contributed by atoms with van der Waals surface area (Å²) in [5.74, 6) is -3.93. The minimum atomic E-state index is -6.72. The molecule has 0 aromatic rings. The van der Waals surface area contributed by atoms with E-state index in [1.54, 1.807) is 0 Å². The van der Waals surface area contributed by atoms with Crippen LogP contribution in [0.5, 0.6) is 0 Å². The molecule has 0 bridgehead atoms. The van der Waals surface area contributed by atoms with Crippen LogP contribution in [0.2, 0.25) is 0 Å². The van der Waals surface area contributed by atoms with Crippen molar-refractivity contribution < 1.29 is 57.9 Å². The van der Waals surface area contributed by atoms with Crippen molar-refractivity contribution in [2.75, 3.05) is 13.2 Å². The van der Waals surface area contributed by atoms with Gasteiger partial charge in [0.1, 0.15) is 13.2 Å². The lowest BCUT2D eigenvalue weighted by Crippen LogP contribution is -2.51. The molecule has 0 amide bonds. The maximum absolute atomic E-state index is 13.3. The molecule has 0 unspecified atom stereocenters. The van der Waals surface area contributed by atoms with Crippen LogP contribution >= 0.6 is 0 Å². The average Bonchev–Trinajstić information content (AvgIpc) is 2.40. The summed E-state index contributed by atoms with van der Waals surface area (Å²) in [6.45, 7) is 1.07. The second-order valence-corrected chi connectivity index (χ2v) is 7.22. The number of ether oxygens (including phenoxy) is 2. The highest BCUT2D eigenvalue weighted by atomic mass is 32.3. The monoisotopic (exact) mass is 405 g/mol. The van der Waals surface area contributed by atoms with E-state index in [1.165, 1.54) is 0 Å². The van der Waals surface area contributed by atoms with E-state index in [4.69, 9.17) is 0 Å². The number of nitrogens with one attached hydrogen (secondary N) is 1. The van der Waals surface area contributed by atoms with Gasteiger partial charge in [0.2, 0.25) is 0 Å². The predicted molar refractivity (Wildman–Crippen MR) is 64.1 cm³/mol. The molecule has 1 N–H and O–H groups in total. The van der Waals surface area contributed by atoms with Gasteiger partial charge in [0.05, 0.1) is 0 Å². The average molecular weight is 405 g/mol. The first-order valence-electron chi connectivity index (χ1n) is 5.27. The molecule has 0 saturated carbocycles. The van der Waals surface area contributed by atoms with Crippen molar-refractivity contribution in [1.82, 2.24) is 4.13 Å². The Morgan fingerprint density at radius 2 is 1.42 bits per heavy atom. The van der Waals surface area contributed by atoms with Gasteiger partial charge in [0, 0.05) is 6.08 Å². The molecule has 0 heterocycles. The van der Waals surface area contributed by atoms with Gasteiger partial charge in [-0.25, -0.2) is 26.4 Å². The molecule has 0 spiro atoms. The molecule has 140 valence electrons. The summed E-state index contributed by atoms with van der Waals surface area (Å²) >= 11 is 0. The van der Waals surface area contributed by atoms with Gasteiger partial charge in [-0.1, -0.05) is 10.7 Å². The molecule has 0 aliphatic rings. The number of hydrogen-bond donors (Lipinski definition) is 1. The SMILES string of the molecule is C=CC(=O)OCCOC(=O)C(F)(F)S(=O)(=O)NS(=O)(=O)C(F)(F)F. The topological polar surface area (TPSA) is 133 Å². The molecule has 0 aliphatic carbocycles. The number of carbonyl (C=O) groups is 2. The zero-order chi connectivity index (χ0) is 19.4. The van der Waals surface area contributed by atoms with Crippen LogP contribution in [0.4, 0.5) is 22.0 Å². The first-order valence-corrected chi connectivity index (χ1v) is 8.24. The summed E-state index contributed by atoms with van der Waals surface area (Å²) in [6, 6.07) is 0. The van der Waals surface area contributed by atoms with E-state index in [-0.39, 0.29) is 4.13 Å². The highest BCUT2D eigenvalue weighted by Crippen LogP contribution is 2.27. The van der Waals surface area contributed by atoms with E-state index in [9.17, 15) is 48.4 Å². The number of sulfonamides is 2. The Bertz CT molecular complexity index is 711. The van der Waals surface area contributed by atoms with Crippen molar-refractivity contribution in [2.45, 2.75) is 10.8 Å². The third-order valence-corrected chi connectivity index (χ3v) is 5.03. The van der Waals surface area contributed by atoms with Crippen molar-refractivity contribution in [1.29, 1.82) is 0 Å². The molecule has 0 fully saturated rings. The third-order valence-electron chi connectivity index (χ3n) is 1.83. The van der Waals surface area contributed by atoms with Crippen molar-refractivity contribution in [2.24, 2.45) is 0 Å². The molecule has 0 aromatic carbocycles. The van der Waals surface area contributed by atoms with Gasteiger partial charge >= 0.3 is 42.7 Å². The number of rotatable bonds is 8. The van der Waals surface area contributed by atoms with E-state index in [0.717, 1.165) is 0 Å². The first-order chi connectivity index (χ1) is 10.6.